The van der Waals surface area contributed by atoms with E-state index in [1.807, 2.05) is 6.07 Å². The molecule has 0 heterocycles. The molecule has 0 fully saturated rings. The first-order chi connectivity index (χ1) is 8.99. The number of phenols is 2. The van der Waals surface area contributed by atoms with E-state index in [0.29, 0.717) is 10.8 Å². The Bertz CT molecular complexity index is 711. The molecule has 4 nitrogen and oxygen atoms in total. The van der Waals surface area contributed by atoms with Gasteiger partial charge in [0.2, 0.25) is 0 Å². The zero-order valence-electron chi connectivity index (χ0n) is 10.6. The van der Waals surface area contributed by atoms with E-state index in [-0.39, 0.29) is 28.6 Å². The highest BCUT2D eigenvalue weighted by Gasteiger charge is 2.25. The van der Waals surface area contributed by atoms with Crippen molar-refractivity contribution in [2.75, 3.05) is 0 Å². The van der Waals surface area contributed by atoms with Crippen molar-refractivity contribution >= 4 is 16.6 Å². The number of nitrogens with zero attached hydrogens (tertiary/aromatic N) is 1. The Morgan fingerprint density at radius 1 is 1.16 bits per heavy atom. The molecule has 2 N–H and O–H groups in total. The lowest BCUT2D eigenvalue weighted by Crippen LogP contribution is -2.10. The van der Waals surface area contributed by atoms with Crippen LogP contribution in [-0.2, 0) is 0 Å². The van der Waals surface area contributed by atoms with Crippen molar-refractivity contribution in [3.8, 4) is 17.6 Å². The minimum Gasteiger partial charge on any atom is -0.504 e. The quantitative estimate of drug-likeness (QED) is 0.638. The molecule has 0 spiro atoms. The van der Waals surface area contributed by atoms with E-state index in [0.717, 1.165) is 0 Å². The van der Waals surface area contributed by atoms with Crippen molar-refractivity contribution in [1.82, 2.24) is 0 Å². The molecule has 0 aliphatic rings. The Morgan fingerprint density at radius 3 is 2.26 bits per heavy atom. The number of aromatic hydroxyl groups is 2. The fourth-order valence-electron chi connectivity index (χ4n) is 2.05. The van der Waals surface area contributed by atoms with Crippen LogP contribution in [0.5, 0.6) is 11.5 Å². The highest BCUT2D eigenvalue weighted by molar-refractivity contribution is 6.09. The number of carbonyl (C=O) groups excluding carboxylic acids is 1. The highest BCUT2D eigenvalue weighted by Crippen LogP contribution is 2.40. The number of hydrogen-bond acceptors (Lipinski definition) is 4. The monoisotopic (exact) mass is 255 g/mol. The summed E-state index contributed by atoms with van der Waals surface area (Å²) in [5.74, 6) is -1.62. The predicted molar refractivity (Wildman–Crippen MR) is 71.2 cm³/mol. The van der Waals surface area contributed by atoms with Gasteiger partial charge in [0.05, 0.1) is 11.1 Å². The molecule has 0 radical (unpaired) electrons. The summed E-state index contributed by atoms with van der Waals surface area (Å²) in [6, 6.07) is 8.58. The zero-order valence-corrected chi connectivity index (χ0v) is 10.6. The average Bonchev–Trinajstić information content (AvgIpc) is 2.41. The molecular formula is C15H13NO3. The maximum absolute atomic E-state index is 12.1. The Labute approximate surface area is 110 Å². The fourth-order valence-corrected chi connectivity index (χ4v) is 2.05. The van der Waals surface area contributed by atoms with Crippen LogP contribution in [-0.4, -0.2) is 16.0 Å². The van der Waals surface area contributed by atoms with Crippen molar-refractivity contribution in [3.05, 3.63) is 35.4 Å². The summed E-state index contributed by atoms with van der Waals surface area (Å²) in [6.45, 7) is 3.35. The topological polar surface area (TPSA) is 81.3 Å². The van der Waals surface area contributed by atoms with Gasteiger partial charge in [-0.25, -0.2) is 0 Å². The zero-order chi connectivity index (χ0) is 14.2. The molecular weight excluding hydrogens is 242 g/mol. The van der Waals surface area contributed by atoms with E-state index in [1.54, 1.807) is 38.1 Å². The molecule has 0 aromatic heterocycles. The summed E-state index contributed by atoms with van der Waals surface area (Å²) in [4.78, 5) is 12.1. The van der Waals surface area contributed by atoms with Crippen LogP contribution in [0.3, 0.4) is 0 Å². The molecule has 2 aromatic rings. The number of hydrogen-bond donors (Lipinski definition) is 2. The SMILES string of the molecule is CC(C)C(=O)c1c(O)c(O)c2ccccc2c1C#N. The van der Waals surface area contributed by atoms with Crippen LogP contribution < -0.4 is 0 Å². The third-order valence-electron chi connectivity index (χ3n) is 3.05. The molecule has 0 saturated heterocycles. The third kappa shape index (κ3) is 1.89. The van der Waals surface area contributed by atoms with E-state index in [4.69, 9.17) is 0 Å². The summed E-state index contributed by atoms with van der Waals surface area (Å²) < 4.78 is 0. The molecule has 0 unspecified atom stereocenters. The number of carbonyl (C=O) groups is 1. The van der Waals surface area contributed by atoms with Crippen molar-refractivity contribution in [1.29, 1.82) is 5.26 Å². The summed E-state index contributed by atoms with van der Waals surface area (Å²) >= 11 is 0. The molecule has 0 atom stereocenters. The number of fused-ring (bicyclic) bond motifs is 1. The molecule has 0 bridgehead atoms. The second kappa shape index (κ2) is 4.62. The van der Waals surface area contributed by atoms with Crippen LogP contribution >= 0.6 is 0 Å². The van der Waals surface area contributed by atoms with Crippen LogP contribution in [0.25, 0.3) is 10.8 Å². The number of rotatable bonds is 2. The summed E-state index contributed by atoms with van der Waals surface area (Å²) in [7, 11) is 0. The van der Waals surface area contributed by atoms with Crippen LogP contribution in [0.2, 0.25) is 0 Å². The third-order valence-corrected chi connectivity index (χ3v) is 3.05. The van der Waals surface area contributed by atoms with Gasteiger partial charge in [-0.1, -0.05) is 38.1 Å². The van der Waals surface area contributed by atoms with E-state index in [2.05, 4.69) is 0 Å². The minimum absolute atomic E-state index is 0.101. The van der Waals surface area contributed by atoms with E-state index in [9.17, 15) is 20.3 Å². The van der Waals surface area contributed by atoms with Crippen molar-refractivity contribution in [2.45, 2.75) is 13.8 Å². The lowest BCUT2D eigenvalue weighted by molar-refractivity contribution is 0.0936. The van der Waals surface area contributed by atoms with Gasteiger partial charge in [0.25, 0.3) is 0 Å². The van der Waals surface area contributed by atoms with Crippen LogP contribution in [0, 0.1) is 17.2 Å². The number of ketones is 1. The van der Waals surface area contributed by atoms with E-state index < -0.39 is 5.75 Å². The van der Waals surface area contributed by atoms with Gasteiger partial charge in [0, 0.05) is 16.7 Å². The summed E-state index contributed by atoms with van der Waals surface area (Å²) in [5.41, 5.74) is -0.00157. The van der Waals surface area contributed by atoms with Gasteiger partial charge < -0.3 is 10.2 Å². The largest absolute Gasteiger partial charge is 0.504 e. The highest BCUT2D eigenvalue weighted by atomic mass is 16.3. The molecule has 2 aromatic carbocycles. The van der Waals surface area contributed by atoms with Gasteiger partial charge in [-0.15, -0.1) is 0 Å². The second-order valence-corrected chi connectivity index (χ2v) is 4.62. The Hall–Kier alpha value is -2.54. The van der Waals surface area contributed by atoms with Gasteiger partial charge in [-0.2, -0.15) is 5.26 Å². The van der Waals surface area contributed by atoms with Gasteiger partial charge in [-0.05, 0) is 0 Å². The lowest BCUT2D eigenvalue weighted by atomic mass is 9.91. The predicted octanol–water partition coefficient (Wildman–Crippen LogP) is 2.96. The smallest absolute Gasteiger partial charge is 0.170 e. The first kappa shape index (κ1) is 12.9. The fraction of sp³-hybridized carbons (Fsp3) is 0.200. The van der Waals surface area contributed by atoms with Crippen LogP contribution in [0.1, 0.15) is 29.8 Å². The number of Topliss-reactive ketones (excluding diaryl/α,β-unsaturated/α-hetero) is 1. The second-order valence-electron chi connectivity index (χ2n) is 4.62. The van der Waals surface area contributed by atoms with E-state index >= 15 is 0 Å². The molecule has 19 heavy (non-hydrogen) atoms. The minimum atomic E-state index is -0.519. The van der Waals surface area contributed by atoms with Crippen molar-refractivity contribution in [2.24, 2.45) is 5.92 Å². The van der Waals surface area contributed by atoms with E-state index in [1.165, 1.54) is 0 Å². The number of phenolic OH excluding ortho intramolecular Hbond substituents is 2. The molecule has 4 heteroatoms. The summed E-state index contributed by atoms with van der Waals surface area (Å²) in [6.07, 6.45) is 0. The van der Waals surface area contributed by atoms with Gasteiger partial charge in [0.1, 0.15) is 6.07 Å². The molecule has 0 amide bonds. The Balaban J connectivity index is 2.96. The van der Waals surface area contributed by atoms with Gasteiger partial charge >= 0.3 is 0 Å². The molecule has 2 rings (SSSR count). The molecule has 0 aliphatic heterocycles. The molecule has 0 saturated carbocycles. The maximum Gasteiger partial charge on any atom is 0.170 e. The van der Waals surface area contributed by atoms with Gasteiger partial charge in [-0.3, -0.25) is 4.79 Å². The first-order valence-electron chi connectivity index (χ1n) is 5.90. The van der Waals surface area contributed by atoms with Gasteiger partial charge in [0.15, 0.2) is 17.3 Å². The number of benzene rings is 2. The lowest BCUT2D eigenvalue weighted by Gasteiger charge is -2.13. The average molecular weight is 255 g/mol. The van der Waals surface area contributed by atoms with Crippen LogP contribution in [0.4, 0.5) is 0 Å². The normalized spacial score (nSPS) is 10.6. The van der Waals surface area contributed by atoms with Crippen LogP contribution in [0.15, 0.2) is 24.3 Å². The summed E-state index contributed by atoms with van der Waals surface area (Å²) in [5, 5.41) is 30.1. The Morgan fingerprint density at radius 2 is 1.74 bits per heavy atom. The molecule has 0 aliphatic carbocycles. The standard InChI is InChI=1S/C15H13NO3/c1-8(2)13(17)12-11(7-16)9-5-3-4-6-10(9)14(18)15(12)19/h3-6,8,18-19H,1-2H3. The van der Waals surface area contributed by atoms with Crippen molar-refractivity contribution < 1.29 is 15.0 Å². The Kier molecular flexibility index (Phi) is 3.14. The molecule has 96 valence electrons. The number of nitriles is 1. The van der Waals surface area contributed by atoms with Crippen molar-refractivity contribution in [3.63, 3.8) is 0 Å². The maximum atomic E-state index is 12.1. The first-order valence-corrected chi connectivity index (χ1v) is 5.90.